The van der Waals surface area contributed by atoms with Gasteiger partial charge in [0, 0.05) is 20.1 Å². The lowest BCUT2D eigenvalue weighted by Gasteiger charge is -2.19. The molecule has 75 valence electrons. The van der Waals surface area contributed by atoms with E-state index in [1.54, 1.807) is 11.0 Å². The molecule has 1 fully saturated rings. The lowest BCUT2D eigenvalue weighted by molar-refractivity contribution is 0.405. The van der Waals surface area contributed by atoms with Crippen molar-refractivity contribution in [1.29, 1.82) is 0 Å². The Morgan fingerprint density at radius 3 is 2.71 bits per heavy atom. The smallest absolute Gasteiger partial charge is 0.354 e. The highest BCUT2D eigenvalue weighted by Gasteiger charge is 2.26. The third-order valence-corrected chi connectivity index (χ3v) is 2.49. The van der Waals surface area contributed by atoms with Crippen LogP contribution in [0.5, 0.6) is 0 Å². The Labute approximate surface area is 85.0 Å². The third-order valence-electron chi connectivity index (χ3n) is 2.49. The molecule has 0 N–H and O–H groups in total. The summed E-state index contributed by atoms with van der Waals surface area (Å²) in [5.41, 5.74) is 0. The number of rotatable bonds is 2. The van der Waals surface area contributed by atoms with Gasteiger partial charge in [-0.05, 0) is 6.04 Å². The van der Waals surface area contributed by atoms with Crippen molar-refractivity contribution in [1.82, 2.24) is 19.6 Å². The molecule has 0 aliphatic carbocycles. The first kappa shape index (κ1) is 9.52. The Balaban J connectivity index is 2.06. The minimum absolute atomic E-state index is 0.549. The molecule has 1 aromatic heterocycles. The highest BCUT2D eigenvalue weighted by Crippen LogP contribution is 2.13. The van der Waals surface area contributed by atoms with Crippen molar-refractivity contribution in [2.45, 2.75) is 19.9 Å². The maximum atomic E-state index is 4.21. The summed E-state index contributed by atoms with van der Waals surface area (Å²) in [6.45, 7) is 6.43. The van der Waals surface area contributed by atoms with E-state index in [9.17, 15) is 0 Å². The third kappa shape index (κ3) is 1.62. The molecule has 2 rings (SSSR count). The van der Waals surface area contributed by atoms with Crippen molar-refractivity contribution in [3.05, 3.63) is 6.33 Å². The van der Waals surface area contributed by atoms with Crippen molar-refractivity contribution in [3.8, 4) is 0 Å². The molecular formula is C8H15BN5. The molecule has 1 aliphatic heterocycles. The molecule has 0 saturated carbocycles. The van der Waals surface area contributed by atoms with E-state index < -0.39 is 0 Å². The molecule has 1 aromatic rings. The first-order valence-electron chi connectivity index (χ1n) is 4.90. The van der Waals surface area contributed by atoms with Gasteiger partial charge in [0.05, 0.1) is 0 Å². The predicted molar refractivity (Wildman–Crippen MR) is 55.9 cm³/mol. The van der Waals surface area contributed by atoms with Crippen LogP contribution in [0.4, 0.5) is 5.95 Å². The number of hydrogen-bond donors (Lipinski definition) is 0. The van der Waals surface area contributed by atoms with Gasteiger partial charge in [-0.1, -0.05) is 13.8 Å². The zero-order chi connectivity index (χ0) is 10.1. The summed E-state index contributed by atoms with van der Waals surface area (Å²) >= 11 is 0. The van der Waals surface area contributed by atoms with Gasteiger partial charge in [0.1, 0.15) is 6.33 Å². The number of anilines is 1. The van der Waals surface area contributed by atoms with Crippen LogP contribution in [0.2, 0.25) is 0 Å². The molecule has 0 spiro atoms. The van der Waals surface area contributed by atoms with Gasteiger partial charge in [-0.25, -0.2) is 9.67 Å². The molecule has 6 heteroatoms. The van der Waals surface area contributed by atoms with Gasteiger partial charge >= 0.3 is 7.55 Å². The summed E-state index contributed by atoms with van der Waals surface area (Å²) < 4.78 is 1.79. The highest BCUT2D eigenvalue weighted by atomic mass is 15.4. The van der Waals surface area contributed by atoms with Gasteiger partial charge in [-0.2, -0.15) is 5.10 Å². The number of nitrogens with zero attached hydrogens (tertiary/aromatic N) is 5. The lowest BCUT2D eigenvalue weighted by Crippen LogP contribution is -2.35. The summed E-state index contributed by atoms with van der Waals surface area (Å²) in [4.78, 5) is 8.64. The van der Waals surface area contributed by atoms with Gasteiger partial charge in [0.15, 0.2) is 0 Å². The van der Waals surface area contributed by atoms with Crippen LogP contribution in [0.15, 0.2) is 6.33 Å². The fraction of sp³-hybridized carbons (Fsp3) is 0.750. The summed E-state index contributed by atoms with van der Waals surface area (Å²) in [6.07, 6.45) is 1.58. The minimum atomic E-state index is 0.549. The Kier molecular flexibility index (Phi) is 2.45. The maximum Gasteiger partial charge on any atom is 0.354 e. The molecule has 1 radical (unpaired) electrons. The van der Waals surface area contributed by atoms with E-state index in [1.165, 1.54) is 0 Å². The van der Waals surface area contributed by atoms with Gasteiger partial charge in [-0.15, -0.1) is 0 Å². The topological polar surface area (TPSA) is 37.2 Å². The van der Waals surface area contributed by atoms with Crippen LogP contribution in [0.25, 0.3) is 0 Å². The average Bonchev–Trinajstić information content (AvgIpc) is 2.71. The molecule has 0 atom stereocenters. The zero-order valence-electron chi connectivity index (χ0n) is 8.88. The van der Waals surface area contributed by atoms with E-state index in [4.69, 9.17) is 0 Å². The van der Waals surface area contributed by atoms with Crippen molar-refractivity contribution in [3.63, 3.8) is 0 Å². The predicted octanol–water partition coefficient (Wildman–Crippen LogP) is -0.120. The molecule has 1 aliphatic rings. The van der Waals surface area contributed by atoms with Crippen LogP contribution >= 0.6 is 0 Å². The Morgan fingerprint density at radius 2 is 2.21 bits per heavy atom. The Bertz CT molecular complexity index is 310. The average molecular weight is 192 g/mol. The van der Waals surface area contributed by atoms with E-state index in [-0.39, 0.29) is 0 Å². The van der Waals surface area contributed by atoms with Crippen molar-refractivity contribution in [2.75, 3.05) is 17.9 Å². The molecule has 0 unspecified atom stereocenters. The molecular weight excluding hydrogens is 177 g/mol. The summed E-state index contributed by atoms with van der Waals surface area (Å²) in [5.74, 6) is 0.910. The number of hydrogen-bond acceptors (Lipinski definition) is 4. The summed E-state index contributed by atoms with van der Waals surface area (Å²) in [5, 5.41) is 4.06. The monoisotopic (exact) mass is 192 g/mol. The fourth-order valence-corrected chi connectivity index (χ4v) is 1.61. The number of aromatic nitrogens is 3. The second-order valence-electron chi connectivity index (χ2n) is 3.82. The standard InChI is InChI=1S/C8H15BN5/c1-7(2)13-4-5-14(9-13)8-10-6-11-12(8)3/h6-7H,4-5H2,1-3H3. The van der Waals surface area contributed by atoms with E-state index in [1.807, 2.05) is 7.05 Å². The first-order valence-corrected chi connectivity index (χ1v) is 4.90. The number of aryl methyl sites for hydroxylation is 1. The van der Waals surface area contributed by atoms with Crippen LogP contribution in [-0.4, -0.2) is 46.3 Å². The van der Waals surface area contributed by atoms with Gasteiger partial charge in [0.2, 0.25) is 5.95 Å². The van der Waals surface area contributed by atoms with Crippen LogP contribution < -0.4 is 4.81 Å². The van der Waals surface area contributed by atoms with Gasteiger partial charge in [0.25, 0.3) is 0 Å². The lowest BCUT2D eigenvalue weighted by atomic mass is 10.1. The van der Waals surface area contributed by atoms with Crippen molar-refractivity contribution < 1.29 is 0 Å². The van der Waals surface area contributed by atoms with Crippen LogP contribution in [-0.2, 0) is 7.05 Å². The second-order valence-corrected chi connectivity index (χ2v) is 3.82. The van der Waals surface area contributed by atoms with E-state index in [0.29, 0.717) is 6.04 Å². The Hall–Kier alpha value is -1.04. The SMILES string of the molecule is CC(C)N1[B]N(c2ncnn2C)CC1. The van der Waals surface area contributed by atoms with Crippen molar-refractivity contribution in [2.24, 2.45) is 7.05 Å². The summed E-state index contributed by atoms with van der Waals surface area (Å²) in [7, 11) is 4.03. The van der Waals surface area contributed by atoms with Crippen LogP contribution in [0, 0.1) is 0 Å². The highest BCUT2D eigenvalue weighted by molar-refractivity contribution is 6.39. The molecule has 5 nitrogen and oxygen atoms in total. The first-order chi connectivity index (χ1) is 6.68. The zero-order valence-corrected chi connectivity index (χ0v) is 8.88. The van der Waals surface area contributed by atoms with Gasteiger partial charge in [-0.3, -0.25) is 0 Å². The van der Waals surface area contributed by atoms with Crippen LogP contribution in [0.3, 0.4) is 0 Å². The fourth-order valence-electron chi connectivity index (χ4n) is 1.61. The molecule has 1 saturated heterocycles. The molecule has 0 amide bonds. The quantitative estimate of drug-likeness (QED) is 0.612. The maximum absolute atomic E-state index is 4.21. The van der Waals surface area contributed by atoms with Crippen LogP contribution in [0.1, 0.15) is 13.8 Å². The van der Waals surface area contributed by atoms with Crippen molar-refractivity contribution >= 4 is 13.5 Å². The minimum Gasteiger partial charge on any atom is -0.372 e. The molecule has 2 heterocycles. The van der Waals surface area contributed by atoms with E-state index in [0.717, 1.165) is 19.0 Å². The van der Waals surface area contributed by atoms with E-state index in [2.05, 4.69) is 41.1 Å². The Morgan fingerprint density at radius 1 is 1.43 bits per heavy atom. The molecule has 14 heavy (non-hydrogen) atoms. The second kappa shape index (κ2) is 3.61. The van der Waals surface area contributed by atoms with Gasteiger partial charge < -0.3 is 9.62 Å². The molecule has 0 bridgehead atoms. The normalized spacial score (nSPS) is 17.9. The summed E-state index contributed by atoms with van der Waals surface area (Å²) in [6, 6.07) is 0.549. The van der Waals surface area contributed by atoms with E-state index >= 15 is 0 Å². The molecule has 0 aromatic carbocycles. The largest absolute Gasteiger partial charge is 0.372 e.